The molecular weight excluding hydrogens is 164 g/mol. The molecule has 0 aromatic rings. The van der Waals surface area contributed by atoms with Crippen LogP contribution < -0.4 is 0 Å². The van der Waals surface area contributed by atoms with Gasteiger partial charge in [0.25, 0.3) is 0 Å². The second kappa shape index (κ2) is 2.13. The van der Waals surface area contributed by atoms with E-state index in [4.69, 9.17) is 16.3 Å². The van der Waals surface area contributed by atoms with Crippen molar-refractivity contribution in [2.45, 2.75) is 33.8 Å². The highest BCUT2D eigenvalue weighted by Crippen LogP contribution is 2.64. The van der Waals surface area contributed by atoms with Crippen molar-refractivity contribution >= 4 is 17.0 Å². The quantitative estimate of drug-likeness (QED) is 0.575. The Labute approximate surface area is 71.9 Å². The monoisotopic (exact) mass is 176 g/mol. The summed E-state index contributed by atoms with van der Waals surface area (Å²) in [5.41, 5.74) is -0.566. The minimum absolute atomic E-state index is 0.0278. The van der Waals surface area contributed by atoms with E-state index in [1.165, 1.54) is 0 Å². The van der Waals surface area contributed by atoms with Crippen molar-refractivity contribution in [3.05, 3.63) is 0 Å². The SMILES string of the molecule is CC1(C)C(OC(=O)Cl)C1(C)C. The van der Waals surface area contributed by atoms with Crippen molar-refractivity contribution < 1.29 is 9.53 Å². The molecule has 0 N–H and O–H groups in total. The molecule has 0 aromatic carbocycles. The van der Waals surface area contributed by atoms with Gasteiger partial charge in [-0.1, -0.05) is 27.7 Å². The van der Waals surface area contributed by atoms with E-state index >= 15 is 0 Å². The smallest absolute Gasteiger partial charge is 0.404 e. The average Bonchev–Trinajstić information content (AvgIpc) is 2.11. The highest BCUT2D eigenvalue weighted by molar-refractivity contribution is 6.61. The van der Waals surface area contributed by atoms with Crippen LogP contribution in [0.15, 0.2) is 0 Å². The average molecular weight is 177 g/mol. The maximum Gasteiger partial charge on any atom is 0.404 e. The molecular formula is C8H13ClO2. The lowest BCUT2D eigenvalue weighted by atomic mass is 10.0. The molecule has 0 radical (unpaired) electrons. The summed E-state index contributed by atoms with van der Waals surface area (Å²) in [6.07, 6.45) is -0.0278. The summed E-state index contributed by atoms with van der Waals surface area (Å²) in [4.78, 5) is 10.4. The molecule has 0 unspecified atom stereocenters. The van der Waals surface area contributed by atoms with Crippen LogP contribution >= 0.6 is 11.6 Å². The summed E-state index contributed by atoms with van der Waals surface area (Å²) in [6, 6.07) is 0. The minimum Gasteiger partial charge on any atom is -0.449 e. The van der Waals surface area contributed by atoms with Crippen LogP contribution in [0.1, 0.15) is 27.7 Å². The van der Waals surface area contributed by atoms with Crippen molar-refractivity contribution in [3.63, 3.8) is 0 Å². The second-order valence-electron chi connectivity index (χ2n) is 4.18. The highest BCUT2D eigenvalue weighted by Gasteiger charge is 2.67. The molecule has 1 fully saturated rings. The van der Waals surface area contributed by atoms with Gasteiger partial charge in [0.05, 0.1) is 0 Å². The lowest BCUT2D eigenvalue weighted by Gasteiger charge is -2.01. The van der Waals surface area contributed by atoms with Crippen molar-refractivity contribution in [2.24, 2.45) is 10.8 Å². The summed E-state index contributed by atoms with van der Waals surface area (Å²) in [5, 5.41) is 0. The van der Waals surface area contributed by atoms with E-state index in [-0.39, 0.29) is 16.9 Å². The number of hydrogen-bond donors (Lipinski definition) is 0. The van der Waals surface area contributed by atoms with Crippen LogP contribution in [-0.2, 0) is 4.74 Å². The summed E-state index contributed by atoms with van der Waals surface area (Å²) >= 11 is 5.11. The molecule has 1 rings (SSSR count). The Morgan fingerprint density at radius 1 is 1.27 bits per heavy atom. The predicted molar refractivity (Wildman–Crippen MR) is 43.7 cm³/mol. The van der Waals surface area contributed by atoms with E-state index in [1.807, 2.05) is 0 Å². The van der Waals surface area contributed by atoms with Gasteiger partial charge in [-0.2, -0.15) is 0 Å². The van der Waals surface area contributed by atoms with Crippen LogP contribution in [0, 0.1) is 10.8 Å². The molecule has 2 nitrogen and oxygen atoms in total. The standard InChI is InChI=1S/C8H13ClO2/c1-7(2)5(8(7,3)4)11-6(9)10/h5H,1-4H3. The first-order chi connectivity index (χ1) is 4.80. The van der Waals surface area contributed by atoms with E-state index in [0.717, 1.165) is 0 Å². The Kier molecular flexibility index (Phi) is 1.71. The third-order valence-corrected chi connectivity index (χ3v) is 3.19. The molecule has 0 spiro atoms. The fourth-order valence-electron chi connectivity index (χ4n) is 1.52. The van der Waals surface area contributed by atoms with Gasteiger partial charge < -0.3 is 4.74 Å². The zero-order valence-electron chi connectivity index (χ0n) is 7.27. The zero-order chi connectivity index (χ0) is 8.86. The number of halogens is 1. The molecule has 1 aliphatic rings. The van der Waals surface area contributed by atoms with Crippen molar-refractivity contribution in [1.29, 1.82) is 0 Å². The van der Waals surface area contributed by atoms with Crippen LogP contribution in [0.2, 0.25) is 0 Å². The van der Waals surface area contributed by atoms with Crippen LogP contribution in [0.25, 0.3) is 0 Å². The molecule has 0 saturated heterocycles. The van der Waals surface area contributed by atoms with E-state index in [0.29, 0.717) is 0 Å². The van der Waals surface area contributed by atoms with Crippen LogP contribution in [-0.4, -0.2) is 11.5 Å². The van der Waals surface area contributed by atoms with E-state index in [9.17, 15) is 4.79 Å². The number of ether oxygens (including phenoxy) is 1. The van der Waals surface area contributed by atoms with E-state index < -0.39 is 5.43 Å². The van der Waals surface area contributed by atoms with Gasteiger partial charge in [-0.25, -0.2) is 4.79 Å². The van der Waals surface area contributed by atoms with E-state index in [2.05, 4.69) is 27.7 Å². The number of hydrogen-bond acceptors (Lipinski definition) is 2. The molecule has 3 heteroatoms. The Morgan fingerprint density at radius 2 is 1.64 bits per heavy atom. The van der Waals surface area contributed by atoms with Gasteiger partial charge in [0.15, 0.2) is 0 Å². The summed E-state index contributed by atoms with van der Waals surface area (Å²) in [5.74, 6) is 0. The normalized spacial score (nSPS) is 26.3. The fraction of sp³-hybridized carbons (Fsp3) is 0.875. The Balaban J connectivity index is 2.61. The number of carbonyl (C=O) groups is 1. The largest absolute Gasteiger partial charge is 0.449 e. The fourth-order valence-corrected chi connectivity index (χ4v) is 1.61. The molecule has 0 atom stereocenters. The van der Waals surface area contributed by atoms with Crippen molar-refractivity contribution in [3.8, 4) is 0 Å². The Hall–Kier alpha value is -0.240. The lowest BCUT2D eigenvalue weighted by Crippen LogP contribution is -2.03. The highest BCUT2D eigenvalue weighted by atomic mass is 35.5. The topological polar surface area (TPSA) is 26.3 Å². The van der Waals surface area contributed by atoms with Gasteiger partial charge in [-0.05, 0) is 0 Å². The third-order valence-electron chi connectivity index (χ3n) is 3.10. The van der Waals surface area contributed by atoms with Gasteiger partial charge in [0, 0.05) is 22.4 Å². The lowest BCUT2D eigenvalue weighted by molar-refractivity contribution is 0.144. The van der Waals surface area contributed by atoms with Crippen molar-refractivity contribution in [2.75, 3.05) is 0 Å². The number of rotatable bonds is 1. The van der Waals surface area contributed by atoms with Crippen LogP contribution in [0.5, 0.6) is 0 Å². The van der Waals surface area contributed by atoms with E-state index in [1.54, 1.807) is 0 Å². The molecule has 0 amide bonds. The number of carbonyl (C=O) groups excluding carboxylic acids is 1. The van der Waals surface area contributed by atoms with Crippen molar-refractivity contribution in [1.82, 2.24) is 0 Å². The molecule has 1 saturated carbocycles. The van der Waals surface area contributed by atoms with Crippen LogP contribution in [0.3, 0.4) is 0 Å². The summed E-state index contributed by atoms with van der Waals surface area (Å²) < 4.78 is 4.92. The molecule has 0 heterocycles. The maximum absolute atomic E-state index is 10.4. The van der Waals surface area contributed by atoms with Gasteiger partial charge in [0.2, 0.25) is 0 Å². The first-order valence-corrected chi connectivity index (χ1v) is 4.04. The van der Waals surface area contributed by atoms with Gasteiger partial charge in [-0.15, -0.1) is 0 Å². The molecule has 0 bridgehead atoms. The molecule has 64 valence electrons. The van der Waals surface area contributed by atoms with Gasteiger partial charge >= 0.3 is 5.43 Å². The predicted octanol–water partition coefficient (Wildman–Crippen LogP) is 2.80. The Morgan fingerprint density at radius 3 is 1.73 bits per heavy atom. The van der Waals surface area contributed by atoms with Gasteiger partial charge in [0.1, 0.15) is 6.10 Å². The zero-order valence-corrected chi connectivity index (χ0v) is 8.03. The maximum atomic E-state index is 10.4. The molecule has 0 aliphatic heterocycles. The second-order valence-corrected chi connectivity index (χ2v) is 4.49. The Bertz CT molecular complexity index is 182. The third kappa shape index (κ3) is 1.13. The molecule has 1 aliphatic carbocycles. The summed E-state index contributed by atoms with van der Waals surface area (Å²) in [7, 11) is 0. The molecule has 11 heavy (non-hydrogen) atoms. The molecule has 0 aromatic heterocycles. The van der Waals surface area contributed by atoms with Gasteiger partial charge in [-0.3, -0.25) is 0 Å². The van der Waals surface area contributed by atoms with Crippen LogP contribution in [0.4, 0.5) is 4.79 Å². The first kappa shape index (κ1) is 8.85. The summed E-state index contributed by atoms with van der Waals surface area (Å²) in [6.45, 7) is 8.27. The minimum atomic E-state index is -0.700. The first-order valence-electron chi connectivity index (χ1n) is 3.66.